The normalized spacial score (nSPS) is 28.4. The summed E-state index contributed by atoms with van der Waals surface area (Å²) in [5, 5.41) is 14.1. The van der Waals surface area contributed by atoms with Gasteiger partial charge < -0.3 is 29.4 Å². The van der Waals surface area contributed by atoms with Gasteiger partial charge in [-0.15, -0.1) is 0 Å². The Morgan fingerprint density at radius 2 is 1.87 bits per heavy atom. The van der Waals surface area contributed by atoms with E-state index in [0.717, 1.165) is 0 Å². The van der Waals surface area contributed by atoms with Gasteiger partial charge in [0.25, 0.3) is 0 Å². The highest BCUT2D eigenvalue weighted by molar-refractivity contribution is 5.97. The summed E-state index contributed by atoms with van der Waals surface area (Å²) < 4.78 is 15.9. The lowest BCUT2D eigenvalue weighted by molar-refractivity contribution is -0.313. The average Bonchev–Trinajstić information content (AvgIpc) is 3.15. The van der Waals surface area contributed by atoms with Crippen molar-refractivity contribution in [2.75, 3.05) is 19.5 Å². The third kappa shape index (κ3) is 2.72. The molecule has 0 spiro atoms. The summed E-state index contributed by atoms with van der Waals surface area (Å²) in [5.41, 5.74) is 0.428. The maximum absolute atomic E-state index is 12.6. The largest absolute Gasteiger partial charge is 0.550 e. The predicted octanol–water partition coefficient (Wildman–Crippen LogP) is 0.186. The number of benzene rings is 1. The second kappa shape index (κ2) is 6.08. The number of carboxylic acid groups (broad SMARTS) is 1. The van der Waals surface area contributed by atoms with Crippen LogP contribution in [-0.2, 0) is 14.3 Å². The van der Waals surface area contributed by atoms with Gasteiger partial charge in [-0.3, -0.25) is 4.79 Å². The van der Waals surface area contributed by atoms with Crippen LogP contribution < -0.4 is 19.9 Å². The minimum Gasteiger partial charge on any atom is -0.550 e. The molecule has 1 aromatic rings. The molecule has 1 amide bonds. The monoisotopic (exact) mass is 320 g/mol. The van der Waals surface area contributed by atoms with E-state index in [1.54, 1.807) is 18.2 Å². The van der Waals surface area contributed by atoms with Gasteiger partial charge in [0.05, 0.1) is 38.0 Å². The second-order valence-corrected chi connectivity index (χ2v) is 5.72. The van der Waals surface area contributed by atoms with Gasteiger partial charge >= 0.3 is 0 Å². The summed E-state index contributed by atoms with van der Waals surface area (Å²) in [5.74, 6) is -2.29. The summed E-state index contributed by atoms with van der Waals surface area (Å²) >= 11 is 0. The van der Waals surface area contributed by atoms with Crippen molar-refractivity contribution in [3.63, 3.8) is 0 Å². The number of carboxylic acids is 1. The van der Waals surface area contributed by atoms with E-state index >= 15 is 0 Å². The van der Waals surface area contributed by atoms with Crippen LogP contribution in [0.2, 0.25) is 0 Å². The molecule has 7 heteroatoms. The number of nitrogens with one attached hydrogen (secondary N) is 1. The zero-order valence-electron chi connectivity index (χ0n) is 12.9. The van der Waals surface area contributed by atoms with Gasteiger partial charge in [0.15, 0.2) is 0 Å². The molecule has 7 nitrogen and oxygen atoms in total. The van der Waals surface area contributed by atoms with Crippen LogP contribution in [0.1, 0.15) is 12.8 Å². The zero-order chi connectivity index (χ0) is 16.6. The number of methoxy groups -OCH3 is 2. The van der Waals surface area contributed by atoms with E-state index in [1.807, 2.05) is 0 Å². The smallest absolute Gasteiger partial charge is 0.230 e. The Hall–Kier alpha value is -2.28. The van der Waals surface area contributed by atoms with Gasteiger partial charge in [0.1, 0.15) is 11.5 Å². The van der Waals surface area contributed by atoms with Crippen molar-refractivity contribution in [2.45, 2.75) is 25.0 Å². The molecule has 3 rings (SSSR count). The number of carbonyl (C=O) groups is 2. The summed E-state index contributed by atoms with van der Waals surface area (Å²) in [6.07, 6.45) is 0.518. The Labute approximate surface area is 133 Å². The molecule has 2 aliphatic heterocycles. The number of anilines is 1. The van der Waals surface area contributed by atoms with Crippen molar-refractivity contribution in [1.29, 1.82) is 0 Å². The average molecular weight is 320 g/mol. The van der Waals surface area contributed by atoms with Gasteiger partial charge in [-0.05, 0) is 25.0 Å². The summed E-state index contributed by atoms with van der Waals surface area (Å²) in [6, 6.07) is 5.00. The molecular formula is C16H18NO6-. The Balaban J connectivity index is 1.83. The van der Waals surface area contributed by atoms with Crippen LogP contribution in [0.15, 0.2) is 18.2 Å². The van der Waals surface area contributed by atoms with E-state index in [2.05, 4.69) is 5.32 Å². The van der Waals surface area contributed by atoms with Crippen molar-refractivity contribution in [1.82, 2.24) is 0 Å². The number of fused-ring (bicyclic) bond motifs is 2. The van der Waals surface area contributed by atoms with E-state index in [1.165, 1.54) is 14.2 Å². The molecule has 4 unspecified atom stereocenters. The number of rotatable bonds is 5. The van der Waals surface area contributed by atoms with E-state index in [4.69, 9.17) is 14.2 Å². The Morgan fingerprint density at radius 1 is 1.17 bits per heavy atom. The Bertz CT molecular complexity index is 631. The fourth-order valence-electron chi connectivity index (χ4n) is 3.44. The van der Waals surface area contributed by atoms with Crippen LogP contribution in [0.4, 0.5) is 5.69 Å². The molecule has 2 saturated heterocycles. The van der Waals surface area contributed by atoms with Crippen molar-refractivity contribution in [3.05, 3.63) is 18.2 Å². The molecule has 1 aromatic carbocycles. The first-order chi connectivity index (χ1) is 11.0. The lowest BCUT2D eigenvalue weighted by atomic mass is 9.78. The highest BCUT2D eigenvalue weighted by Gasteiger charge is 2.52. The number of hydrogen-bond donors (Lipinski definition) is 1. The number of hydrogen-bond acceptors (Lipinski definition) is 6. The second-order valence-electron chi connectivity index (χ2n) is 5.72. The standard InChI is InChI=1S/C16H19NO6/c1-21-8-3-4-10(22-2)9(7-8)17-15(18)13-11-5-6-12(23-11)14(13)16(19)20/h3-4,7,11-14H,5-6H2,1-2H3,(H,17,18)(H,19,20)/p-1. The van der Waals surface area contributed by atoms with Crippen molar-refractivity contribution in [3.8, 4) is 11.5 Å². The number of carbonyl (C=O) groups excluding carboxylic acids is 2. The first kappa shape index (κ1) is 15.6. The third-order valence-electron chi connectivity index (χ3n) is 4.51. The molecule has 124 valence electrons. The fraction of sp³-hybridized carbons (Fsp3) is 0.500. The molecule has 0 saturated carbocycles. The quantitative estimate of drug-likeness (QED) is 0.831. The van der Waals surface area contributed by atoms with Crippen LogP contribution >= 0.6 is 0 Å². The van der Waals surface area contributed by atoms with E-state index in [0.29, 0.717) is 30.0 Å². The highest BCUT2D eigenvalue weighted by Crippen LogP contribution is 2.44. The van der Waals surface area contributed by atoms with Gasteiger partial charge in [0.2, 0.25) is 5.91 Å². The van der Waals surface area contributed by atoms with E-state index < -0.39 is 29.8 Å². The van der Waals surface area contributed by atoms with Crippen LogP contribution in [0.3, 0.4) is 0 Å². The first-order valence-electron chi connectivity index (χ1n) is 7.44. The molecule has 4 atom stereocenters. The third-order valence-corrected chi connectivity index (χ3v) is 4.51. The molecule has 2 heterocycles. The molecule has 0 aromatic heterocycles. The molecule has 0 aliphatic carbocycles. The molecule has 23 heavy (non-hydrogen) atoms. The predicted molar refractivity (Wildman–Crippen MR) is 78.1 cm³/mol. The number of ether oxygens (including phenoxy) is 3. The van der Waals surface area contributed by atoms with Gasteiger partial charge in [-0.25, -0.2) is 0 Å². The fourth-order valence-corrected chi connectivity index (χ4v) is 3.44. The molecule has 1 N–H and O–H groups in total. The summed E-state index contributed by atoms with van der Waals surface area (Å²) in [6.45, 7) is 0. The van der Waals surface area contributed by atoms with Crippen LogP contribution in [0.5, 0.6) is 11.5 Å². The van der Waals surface area contributed by atoms with Crippen molar-refractivity contribution < 1.29 is 28.9 Å². The summed E-state index contributed by atoms with van der Waals surface area (Å²) in [7, 11) is 3.01. The van der Waals surface area contributed by atoms with E-state index in [9.17, 15) is 14.7 Å². The lowest BCUT2D eigenvalue weighted by Crippen LogP contribution is -2.46. The van der Waals surface area contributed by atoms with Crippen LogP contribution in [0.25, 0.3) is 0 Å². The molecular weight excluding hydrogens is 302 g/mol. The van der Waals surface area contributed by atoms with Gasteiger partial charge in [-0.2, -0.15) is 0 Å². The molecule has 2 fully saturated rings. The summed E-state index contributed by atoms with van der Waals surface area (Å²) in [4.78, 5) is 24.0. The lowest BCUT2D eigenvalue weighted by Gasteiger charge is -2.27. The van der Waals surface area contributed by atoms with Crippen molar-refractivity contribution in [2.24, 2.45) is 11.8 Å². The molecule has 0 radical (unpaired) electrons. The van der Waals surface area contributed by atoms with Crippen LogP contribution in [0, 0.1) is 11.8 Å². The van der Waals surface area contributed by atoms with E-state index in [-0.39, 0.29) is 6.10 Å². The maximum Gasteiger partial charge on any atom is 0.230 e. The Kier molecular flexibility index (Phi) is 4.12. The van der Waals surface area contributed by atoms with Gasteiger partial charge in [-0.1, -0.05) is 0 Å². The highest BCUT2D eigenvalue weighted by atomic mass is 16.5. The Morgan fingerprint density at radius 3 is 2.48 bits per heavy atom. The SMILES string of the molecule is COc1ccc(OC)c(NC(=O)C2C3CCC(O3)C2C(=O)[O-])c1. The number of aliphatic carboxylic acids is 1. The molecule has 2 bridgehead atoms. The topological polar surface area (TPSA) is 96.9 Å². The van der Waals surface area contributed by atoms with Gasteiger partial charge in [0, 0.05) is 18.0 Å². The minimum absolute atomic E-state index is 0.375. The zero-order valence-corrected chi connectivity index (χ0v) is 12.9. The first-order valence-corrected chi connectivity index (χ1v) is 7.44. The maximum atomic E-state index is 12.6. The van der Waals surface area contributed by atoms with Crippen molar-refractivity contribution >= 4 is 17.6 Å². The molecule has 2 aliphatic rings. The number of amides is 1. The minimum atomic E-state index is -1.24. The van der Waals surface area contributed by atoms with Crippen LogP contribution in [-0.4, -0.2) is 38.3 Å².